The zero-order chi connectivity index (χ0) is 29.1. The molecule has 0 unspecified atom stereocenters. The number of nitrogens with one attached hydrogen (secondary N) is 1. The molecule has 0 radical (unpaired) electrons. The number of H-pyrrole nitrogens is 1. The first kappa shape index (κ1) is 27.5. The van der Waals surface area contributed by atoms with Gasteiger partial charge in [0, 0.05) is 25.0 Å². The molecule has 11 heteroatoms. The summed E-state index contributed by atoms with van der Waals surface area (Å²) in [5.41, 5.74) is 10.3. The molecule has 1 aliphatic heterocycles. The van der Waals surface area contributed by atoms with Crippen LogP contribution in [-0.2, 0) is 16.6 Å². The number of benzene rings is 1. The Labute approximate surface area is 239 Å². The van der Waals surface area contributed by atoms with Crippen molar-refractivity contribution in [1.29, 1.82) is 0 Å². The molecule has 1 aliphatic carbocycles. The van der Waals surface area contributed by atoms with E-state index < -0.39 is 12.2 Å². The average molecular weight is 561 g/mol. The third-order valence-corrected chi connectivity index (χ3v) is 8.62. The number of nitrogens with two attached hydrogens (primary N) is 1. The summed E-state index contributed by atoms with van der Waals surface area (Å²) >= 11 is 0. The summed E-state index contributed by atoms with van der Waals surface area (Å²) in [7, 11) is 0. The molecule has 2 atom stereocenters. The molecule has 5 N–H and O–H groups in total. The van der Waals surface area contributed by atoms with Crippen LogP contribution in [0.3, 0.4) is 0 Å². The van der Waals surface area contributed by atoms with Crippen molar-refractivity contribution in [2.45, 2.75) is 90.0 Å². The molecule has 218 valence electrons. The molecule has 4 aromatic rings. The SMILES string of the molecule is CC(C)N(C[C@H]1OC(n2cnc3c(N)ncnc32)=C(O)[C@@H]1O)C1CC(CCc2nc3ccc(C(C)(C)C)cc3[nH]2)C1. The predicted molar refractivity (Wildman–Crippen MR) is 158 cm³/mol. The molecular weight excluding hydrogens is 520 g/mol. The van der Waals surface area contributed by atoms with Gasteiger partial charge < -0.3 is 25.7 Å². The van der Waals surface area contributed by atoms with Gasteiger partial charge in [-0.3, -0.25) is 4.90 Å². The van der Waals surface area contributed by atoms with Crippen LogP contribution >= 0.6 is 0 Å². The van der Waals surface area contributed by atoms with E-state index >= 15 is 0 Å². The van der Waals surface area contributed by atoms with Crippen LogP contribution in [0.1, 0.15) is 65.3 Å². The molecule has 2 aliphatic rings. The predicted octanol–water partition coefficient (Wildman–Crippen LogP) is 4.15. The Hall–Kier alpha value is -3.70. The number of nitrogen functional groups attached to an aromatic ring is 1. The third kappa shape index (κ3) is 5.12. The average Bonchev–Trinajstić information content (AvgIpc) is 3.58. The van der Waals surface area contributed by atoms with Crippen molar-refractivity contribution in [3.63, 3.8) is 0 Å². The van der Waals surface area contributed by atoms with Gasteiger partial charge in [-0.2, -0.15) is 0 Å². The molecular formula is C30H40N8O3. The molecule has 0 spiro atoms. The van der Waals surface area contributed by atoms with E-state index in [-0.39, 0.29) is 28.9 Å². The Morgan fingerprint density at radius 2 is 1.98 bits per heavy atom. The van der Waals surface area contributed by atoms with Crippen molar-refractivity contribution < 1.29 is 14.9 Å². The van der Waals surface area contributed by atoms with Crippen LogP contribution in [0.15, 0.2) is 36.6 Å². The molecule has 1 saturated carbocycles. The van der Waals surface area contributed by atoms with E-state index in [1.165, 1.54) is 22.8 Å². The maximum atomic E-state index is 10.9. The van der Waals surface area contributed by atoms with Gasteiger partial charge in [-0.25, -0.2) is 24.5 Å². The Balaban J connectivity index is 1.06. The fourth-order valence-electron chi connectivity index (χ4n) is 6.07. The normalized spacial score (nSPS) is 23.2. The number of aliphatic hydroxyl groups is 2. The highest BCUT2D eigenvalue weighted by Crippen LogP contribution is 2.38. The molecule has 0 amide bonds. The highest BCUT2D eigenvalue weighted by Gasteiger charge is 2.42. The third-order valence-electron chi connectivity index (χ3n) is 8.62. The number of ether oxygens (including phenoxy) is 1. The number of hydrogen-bond acceptors (Lipinski definition) is 9. The number of nitrogens with zero attached hydrogens (tertiary/aromatic N) is 6. The maximum Gasteiger partial charge on any atom is 0.243 e. The molecule has 0 bridgehead atoms. The van der Waals surface area contributed by atoms with Gasteiger partial charge in [0.2, 0.25) is 5.88 Å². The minimum absolute atomic E-state index is 0.107. The van der Waals surface area contributed by atoms with E-state index in [0.29, 0.717) is 29.7 Å². The van der Waals surface area contributed by atoms with Crippen LogP contribution < -0.4 is 5.73 Å². The van der Waals surface area contributed by atoms with E-state index in [0.717, 1.165) is 42.5 Å². The van der Waals surface area contributed by atoms with E-state index in [2.05, 4.69) is 77.7 Å². The van der Waals surface area contributed by atoms with Gasteiger partial charge in [-0.1, -0.05) is 26.8 Å². The first-order chi connectivity index (χ1) is 19.5. The minimum Gasteiger partial charge on any atom is -0.505 e. The van der Waals surface area contributed by atoms with Crippen molar-refractivity contribution in [1.82, 2.24) is 34.4 Å². The Morgan fingerprint density at radius 1 is 1.20 bits per heavy atom. The van der Waals surface area contributed by atoms with Crippen molar-refractivity contribution in [3.8, 4) is 0 Å². The number of aromatic amines is 1. The lowest BCUT2D eigenvalue weighted by Gasteiger charge is -2.46. The highest BCUT2D eigenvalue weighted by atomic mass is 16.5. The second-order valence-corrected chi connectivity index (χ2v) is 12.8. The fraction of sp³-hybridized carbons (Fsp3) is 0.533. The molecule has 3 aromatic heterocycles. The molecule has 4 heterocycles. The lowest BCUT2D eigenvalue weighted by atomic mass is 9.76. The Bertz CT molecular complexity index is 1590. The standard InChI is InChI=1S/C30H40N8O3/c1-16(2)37(13-22-25(39)26(40)29(41-22)38-15-34-24-27(31)32-14-33-28(24)38)19-10-17(11-19)6-9-23-35-20-8-7-18(30(3,4)5)12-21(20)36-23/h7-8,12,14-17,19,22,25,39-40H,6,9-11,13H2,1-5H3,(H,35,36)(H2,31,32,33)/t17?,19?,22-,25-/m1/s1. The van der Waals surface area contributed by atoms with Gasteiger partial charge in [0.15, 0.2) is 28.8 Å². The van der Waals surface area contributed by atoms with Crippen LogP contribution in [0.4, 0.5) is 5.82 Å². The molecule has 0 saturated heterocycles. The number of aryl methyl sites for hydroxylation is 1. The van der Waals surface area contributed by atoms with E-state index in [9.17, 15) is 10.2 Å². The summed E-state index contributed by atoms with van der Waals surface area (Å²) in [6, 6.07) is 7.17. The molecule has 1 aromatic carbocycles. The summed E-state index contributed by atoms with van der Waals surface area (Å²) in [4.78, 5) is 23.2. The summed E-state index contributed by atoms with van der Waals surface area (Å²) in [5.74, 6) is 1.80. The van der Waals surface area contributed by atoms with Crippen molar-refractivity contribution in [3.05, 3.63) is 48.0 Å². The number of imidazole rings is 2. The van der Waals surface area contributed by atoms with E-state index in [4.69, 9.17) is 15.5 Å². The maximum absolute atomic E-state index is 10.9. The fourth-order valence-corrected chi connectivity index (χ4v) is 6.07. The molecule has 11 nitrogen and oxygen atoms in total. The van der Waals surface area contributed by atoms with Gasteiger partial charge >= 0.3 is 0 Å². The van der Waals surface area contributed by atoms with Gasteiger partial charge in [0.1, 0.15) is 24.6 Å². The number of fused-ring (bicyclic) bond motifs is 2. The molecule has 41 heavy (non-hydrogen) atoms. The number of anilines is 1. The topological polar surface area (TPSA) is 151 Å². The number of aliphatic hydroxyl groups excluding tert-OH is 2. The van der Waals surface area contributed by atoms with E-state index in [1.807, 2.05) is 0 Å². The molecule has 6 rings (SSSR count). The lowest BCUT2D eigenvalue weighted by Crippen LogP contribution is -2.52. The smallest absolute Gasteiger partial charge is 0.243 e. The van der Waals surface area contributed by atoms with E-state index in [1.54, 1.807) is 0 Å². The van der Waals surface area contributed by atoms with Crippen LogP contribution in [-0.4, -0.2) is 75.4 Å². The van der Waals surface area contributed by atoms with Crippen LogP contribution in [0.5, 0.6) is 0 Å². The van der Waals surface area contributed by atoms with Crippen molar-refractivity contribution in [2.75, 3.05) is 12.3 Å². The van der Waals surface area contributed by atoms with Gasteiger partial charge in [-0.05, 0) is 62.1 Å². The summed E-state index contributed by atoms with van der Waals surface area (Å²) < 4.78 is 7.62. The van der Waals surface area contributed by atoms with Crippen LogP contribution in [0.25, 0.3) is 28.1 Å². The Kier molecular flexibility index (Phi) is 6.89. The van der Waals surface area contributed by atoms with Gasteiger partial charge in [0.05, 0.1) is 11.0 Å². The summed E-state index contributed by atoms with van der Waals surface area (Å²) in [6.07, 6.45) is 5.23. The number of hydrogen-bond donors (Lipinski definition) is 4. The second kappa shape index (κ2) is 10.3. The quantitative estimate of drug-likeness (QED) is 0.249. The van der Waals surface area contributed by atoms with Gasteiger partial charge in [-0.15, -0.1) is 0 Å². The minimum atomic E-state index is -1.15. The Morgan fingerprint density at radius 3 is 2.71 bits per heavy atom. The number of rotatable bonds is 8. The first-order valence-corrected chi connectivity index (χ1v) is 14.5. The largest absolute Gasteiger partial charge is 0.505 e. The zero-order valence-corrected chi connectivity index (χ0v) is 24.4. The van der Waals surface area contributed by atoms with Crippen molar-refractivity contribution >= 4 is 33.9 Å². The lowest BCUT2D eigenvalue weighted by molar-refractivity contribution is -0.0196. The van der Waals surface area contributed by atoms with Crippen LogP contribution in [0.2, 0.25) is 0 Å². The van der Waals surface area contributed by atoms with Gasteiger partial charge in [0.25, 0.3) is 0 Å². The second-order valence-electron chi connectivity index (χ2n) is 12.8. The molecule has 1 fully saturated rings. The monoisotopic (exact) mass is 560 g/mol. The van der Waals surface area contributed by atoms with Crippen molar-refractivity contribution in [2.24, 2.45) is 5.92 Å². The highest BCUT2D eigenvalue weighted by molar-refractivity contribution is 5.83. The zero-order valence-electron chi connectivity index (χ0n) is 24.4. The number of aromatic nitrogens is 6. The summed E-state index contributed by atoms with van der Waals surface area (Å²) in [6.45, 7) is 11.5. The first-order valence-electron chi connectivity index (χ1n) is 14.5. The van der Waals surface area contributed by atoms with Crippen LogP contribution in [0, 0.1) is 5.92 Å². The summed E-state index contributed by atoms with van der Waals surface area (Å²) in [5, 5.41) is 21.7.